The molecule has 0 saturated carbocycles. The van der Waals surface area contributed by atoms with Crippen molar-refractivity contribution >= 4 is 5.91 Å². The van der Waals surface area contributed by atoms with Crippen molar-refractivity contribution in [2.45, 2.75) is 25.8 Å². The molecule has 3 heterocycles. The average molecular weight is 464 g/mol. The Morgan fingerprint density at radius 2 is 1.97 bits per heavy atom. The number of methoxy groups -OCH3 is 1. The Labute approximate surface area is 198 Å². The molecule has 1 saturated heterocycles. The molecule has 8 heteroatoms. The van der Waals surface area contributed by atoms with Crippen molar-refractivity contribution in [1.82, 2.24) is 15.8 Å². The zero-order chi connectivity index (χ0) is 23.3. The standard InChI is InChI=1S/C26H29N3O5/c1-31-22-5-3-18(4-6-22)24-13-21(29-34-24)11-20-15-27-9-8-19(20)12-26(30)28-14-17-2-7-23-25(10-17)33-16-32-23/h2-7,10,13,19-20,27H,8-9,11-12,14-16H2,1H3,(H,28,30)/t19-,20+/m0/s1. The maximum Gasteiger partial charge on any atom is 0.231 e. The molecule has 1 fully saturated rings. The largest absolute Gasteiger partial charge is 0.497 e. The summed E-state index contributed by atoms with van der Waals surface area (Å²) in [6.07, 6.45) is 2.23. The van der Waals surface area contributed by atoms with E-state index in [-0.39, 0.29) is 12.7 Å². The Hall–Kier alpha value is -3.52. The van der Waals surface area contributed by atoms with Crippen LogP contribution in [0.5, 0.6) is 17.2 Å². The molecule has 5 rings (SSSR count). The van der Waals surface area contributed by atoms with Crippen molar-refractivity contribution < 1.29 is 23.5 Å². The van der Waals surface area contributed by atoms with Crippen molar-refractivity contribution in [3.63, 3.8) is 0 Å². The van der Waals surface area contributed by atoms with E-state index >= 15 is 0 Å². The summed E-state index contributed by atoms with van der Waals surface area (Å²) in [4.78, 5) is 12.7. The van der Waals surface area contributed by atoms with Crippen LogP contribution >= 0.6 is 0 Å². The molecule has 8 nitrogen and oxygen atoms in total. The minimum Gasteiger partial charge on any atom is -0.497 e. The lowest BCUT2D eigenvalue weighted by atomic mass is 9.81. The highest BCUT2D eigenvalue weighted by Gasteiger charge is 2.28. The minimum absolute atomic E-state index is 0.0636. The molecule has 2 aliphatic rings. The number of fused-ring (bicyclic) bond motifs is 1. The topological polar surface area (TPSA) is 94.9 Å². The number of aromatic nitrogens is 1. The highest BCUT2D eigenvalue weighted by atomic mass is 16.7. The predicted molar refractivity (Wildman–Crippen MR) is 126 cm³/mol. The molecule has 0 aliphatic carbocycles. The van der Waals surface area contributed by atoms with Crippen molar-refractivity contribution in [3.8, 4) is 28.6 Å². The van der Waals surface area contributed by atoms with Gasteiger partial charge < -0.3 is 29.4 Å². The quantitative estimate of drug-likeness (QED) is 0.528. The van der Waals surface area contributed by atoms with Gasteiger partial charge in [-0.25, -0.2) is 0 Å². The molecule has 0 unspecified atom stereocenters. The summed E-state index contributed by atoms with van der Waals surface area (Å²) in [7, 11) is 1.65. The number of carbonyl (C=O) groups is 1. The third kappa shape index (κ3) is 5.17. The first-order valence-electron chi connectivity index (χ1n) is 11.6. The van der Waals surface area contributed by atoms with Crippen molar-refractivity contribution in [1.29, 1.82) is 0 Å². The Morgan fingerprint density at radius 3 is 2.82 bits per heavy atom. The highest BCUT2D eigenvalue weighted by molar-refractivity contribution is 5.76. The first-order chi connectivity index (χ1) is 16.7. The van der Waals surface area contributed by atoms with Crippen LogP contribution in [0, 0.1) is 11.8 Å². The number of nitrogens with zero attached hydrogens (tertiary/aromatic N) is 1. The molecule has 34 heavy (non-hydrogen) atoms. The predicted octanol–water partition coefficient (Wildman–Crippen LogP) is 3.55. The number of benzene rings is 2. The molecule has 178 valence electrons. The minimum atomic E-state index is 0.0636. The van der Waals surface area contributed by atoms with Gasteiger partial charge in [0, 0.05) is 24.6 Å². The van der Waals surface area contributed by atoms with Crippen LogP contribution in [0.4, 0.5) is 0 Å². The van der Waals surface area contributed by atoms with Crippen LogP contribution in [-0.2, 0) is 17.8 Å². The number of hydrogen-bond donors (Lipinski definition) is 2. The first-order valence-corrected chi connectivity index (χ1v) is 11.6. The zero-order valence-corrected chi connectivity index (χ0v) is 19.2. The zero-order valence-electron chi connectivity index (χ0n) is 19.2. The maximum atomic E-state index is 12.7. The lowest BCUT2D eigenvalue weighted by molar-refractivity contribution is -0.122. The van der Waals surface area contributed by atoms with Crippen LogP contribution in [0.15, 0.2) is 53.1 Å². The summed E-state index contributed by atoms with van der Waals surface area (Å²) in [5.74, 6) is 3.69. The van der Waals surface area contributed by atoms with Crippen LogP contribution in [0.2, 0.25) is 0 Å². The maximum absolute atomic E-state index is 12.7. The molecule has 1 amide bonds. The van der Waals surface area contributed by atoms with E-state index in [9.17, 15) is 4.79 Å². The van der Waals surface area contributed by atoms with Crippen LogP contribution < -0.4 is 24.8 Å². The number of hydrogen-bond acceptors (Lipinski definition) is 7. The van der Waals surface area contributed by atoms with Gasteiger partial charge in [0.25, 0.3) is 0 Å². The molecule has 2 atom stereocenters. The van der Waals surface area contributed by atoms with Gasteiger partial charge in [-0.1, -0.05) is 11.2 Å². The van der Waals surface area contributed by atoms with Gasteiger partial charge in [0.2, 0.25) is 12.7 Å². The van der Waals surface area contributed by atoms with Gasteiger partial charge in [0.05, 0.1) is 12.8 Å². The number of ether oxygens (including phenoxy) is 3. The van der Waals surface area contributed by atoms with Crippen LogP contribution in [-0.4, -0.2) is 38.1 Å². The molecule has 0 radical (unpaired) electrons. The molecule has 2 N–H and O–H groups in total. The van der Waals surface area contributed by atoms with Crippen molar-refractivity contribution in [3.05, 3.63) is 59.8 Å². The molecule has 0 spiro atoms. The van der Waals surface area contributed by atoms with Gasteiger partial charge in [0.1, 0.15) is 5.75 Å². The number of amides is 1. The highest BCUT2D eigenvalue weighted by Crippen LogP contribution is 2.32. The molecule has 1 aromatic heterocycles. The van der Waals surface area contributed by atoms with Gasteiger partial charge in [-0.05, 0) is 79.7 Å². The Bertz CT molecular complexity index is 1130. The molecule has 3 aromatic rings. The normalized spacial score (nSPS) is 19.1. The second kappa shape index (κ2) is 10.2. The van der Waals surface area contributed by atoms with Crippen LogP contribution in [0.25, 0.3) is 11.3 Å². The molecule has 2 aliphatic heterocycles. The van der Waals surface area contributed by atoms with Gasteiger partial charge in [-0.3, -0.25) is 4.79 Å². The second-order valence-corrected chi connectivity index (χ2v) is 8.80. The van der Waals surface area contributed by atoms with Crippen molar-refractivity contribution in [2.75, 3.05) is 27.0 Å². The fourth-order valence-corrected chi connectivity index (χ4v) is 4.61. The van der Waals surface area contributed by atoms with E-state index in [1.54, 1.807) is 7.11 Å². The summed E-state index contributed by atoms with van der Waals surface area (Å²) < 4.78 is 21.6. The number of carbonyl (C=O) groups excluding carboxylic acids is 1. The fourth-order valence-electron chi connectivity index (χ4n) is 4.61. The smallest absolute Gasteiger partial charge is 0.231 e. The first kappa shape index (κ1) is 22.3. The van der Waals surface area contributed by atoms with Crippen LogP contribution in [0.1, 0.15) is 24.1 Å². The Morgan fingerprint density at radius 1 is 1.12 bits per heavy atom. The average Bonchev–Trinajstić information content (AvgIpc) is 3.53. The summed E-state index contributed by atoms with van der Waals surface area (Å²) >= 11 is 0. The number of rotatable bonds is 8. The lowest BCUT2D eigenvalue weighted by Gasteiger charge is -2.31. The van der Waals surface area contributed by atoms with E-state index in [2.05, 4.69) is 15.8 Å². The van der Waals surface area contributed by atoms with E-state index in [1.807, 2.05) is 48.5 Å². The van der Waals surface area contributed by atoms with Crippen molar-refractivity contribution in [2.24, 2.45) is 11.8 Å². The van der Waals surface area contributed by atoms with E-state index < -0.39 is 0 Å². The van der Waals surface area contributed by atoms with E-state index in [0.717, 1.165) is 65.8 Å². The summed E-state index contributed by atoms with van der Waals surface area (Å²) in [5, 5.41) is 10.8. The monoisotopic (exact) mass is 463 g/mol. The van der Waals surface area contributed by atoms with E-state index in [4.69, 9.17) is 18.7 Å². The SMILES string of the molecule is COc1ccc(-c2cc(C[C@@H]3CNCC[C@H]3CC(=O)NCc3ccc4c(c3)OCO4)no2)cc1. The molecular formula is C26H29N3O5. The summed E-state index contributed by atoms with van der Waals surface area (Å²) in [6.45, 7) is 2.51. The van der Waals surface area contributed by atoms with Gasteiger partial charge >= 0.3 is 0 Å². The second-order valence-electron chi connectivity index (χ2n) is 8.80. The molecule has 0 bridgehead atoms. The van der Waals surface area contributed by atoms with E-state index in [1.165, 1.54) is 0 Å². The Balaban J connectivity index is 1.16. The number of nitrogens with one attached hydrogen (secondary N) is 2. The third-order valence-corrected chi connectivity index (χ3v) is 6.54. The fraction of sp³-hybridized carbons (Fsp3) is 0.385. The Kier molecular flexibility index (Phi) is 6.67. The molecular weight excluding hydrogens is 434 g/mol. The van der Waals surface area contributed by atoms with Gasteiger partial charge in [-0.2, -0.15) is 0 Å². The van der Waals surface area contributed by atoms with Crippen LogP contribution in [0.3, 0.4) is 0 Å². The summed E-state index contributed by atoms with van der Waals surface area (Å²) in [5.41, 5.74) is 2.86. The van der Waals surface area contributed by atoms with Gasteiger partial charge in [-0.15, -0.1) is 0 Å². The summed E-state index contributed by atoms with van der Waals surface area (Å²) in [6, 6.07) is 15.5. The van der Waals surface area contributed by atoms with E-state index in [0.29, 0.717) is 24.8 Å². The van der Waals surface area contributed by atoms with Gasteiger partial charge in [0.15, 0.2) is 17.3 Å². The lowest BCUT2D eigenvalue weighted by Crippen LogP contribution is -2.40. The number of piperidine rings is 1. The third-order valence-electron chi connectivity index (χ3n) is 6.54. The molecule has 2 aromatic carbocycles.